The number of hydrogen-bond donors (Lipinski definition) is 1. The van der Waals surface area contributed by atoms with Crippen molar-refractivity contribution in [1.82, 2.24) is 34.9 Å². The highest BCUT2D eigenvalue weighted by molar-refractivity contribution is 7.99. The molecule has 8 nitrogen and oxygen atoms in total. The molecule has 0 radical (unpaired) electrons. The van der Waals surface area contributed by atoms with E-state index in [4.69, 9.17) is 0 Å². The summed E-state index contributed by atoms with van der Waals surface area (Å²) >= 11 is 1.55. The van der Waals surface area contributed by atoms with Gasteiger partial charge >= 0.3 is 6.03 Å². The second kappa shape index (κ2) is 7.58. The van der Waals surface area contributed by atoms with E-state index in [0.717, 1.165) is 16.6 Å². The molecule has 0 saturated carbocycles. The molecule has 2 aromatic heterocycles. The van der Waals surface area contributed by atoms with Gasteiger partial charge in [-0.05, 0) is 0 Å². The van der Waals surface area contributed by atoms with Gasteiger partial charge in [0.25, 0.3) is 0 Å². The largest absolute Gasteiger partial charge is 0.337 e. The fraction of sp³-hybridized carbons (Fsp3) is 0.417. The van der Waals surface area contributed by atoms with Gasteiger partial charge in [-0.15, -0.1) is 10.2 Å². The van der Waals surface area contributed by atoms with Crippen molar-refractivity contribution in [3.05, 3.63) is 30.6 Å². The van der Waals surface area contributed by atoms with E-state index in [0.29, 0.717) is 13.1 Å². The van der Waals surface area contributed by atoms with Gasteiger partial charge in [-0.2, -0.15) is 0 Å². The summed E-state index contributed by atoms with van der Waals surface area (Å²) in [6, 6.07) is -0.140. The average Bonchev–Trinajstić information content (AvgIpc) is 2.90. The van der Waals surface area contributed by atoms with Crippen LogP contribution in [-0.4, -0.2) is 55.0 Å². The highest BCUT2D eigenvalue weighted by Gasteiger charge is 2.09. The van der Waals surface area contributed by atoms with Crippen LogP contribution in [0.5, 0.6) is 0 Å². The van der Waals surface area contributed by atoms with Gasteiger partial charge < -0.3 is 14.8 Å². The predicted molar refractivity (Wildman–Crippen MR) is 78.6 cm³/mol. The van der Waals surface area contributed by atoms with Crippen LogP contribution in [0.2, 0.25) is 0 Å². The van der Waals surface area contributed by atoms with Crippen LogP contribution < -0.4 is 5.32 Å². The van der Waals surface area contributed by atoms with Gasteiger partial charge in [-0.1, -0.05) is 11.8 Å². The molecule has 0 fully saturated rings. The van der Waals surface area contributed by atoms with Crippen molar-refractivity contribution in [2.75, 3.05) is 19.3 Å². The van der Waals surface area contributed by atoms with Crippen molar-refractivity contribution in [2.45, 2.75) is 11.7 Å². The molecule has 0 saturated heterocycles. The van der Waals surface area contributed by atoms with Gasteiger partial charge in [0.2, 0.25) is 0 Å². The van der Waals surface area contributed by atoms with Crippen molar-refractivity contribution in [1.29, 1.82) is 0 Å². The molecule has 2 heterocycles. The van der Waals surface area contributed by atoms with E-state index in [1.165, 1.54) is 0 Å². The molecule has 0 aliphatic heterocycles. The quantitative estimate of drug-likeness (QED) is 0.619. The topological polar surface area (TPSA) is 88.8 Å². The molecule has 112 valence electrons. The number of amides is 2. The van der Waals surface area contributed by atoms with Gasteiger partial charge in [0.05, 0.1) is 18.4 Å². The third kappa shape index (κ3) is 4.71. The summed E-state index contributed by atoms with van der Waals surface area (Å²) in [7, 11) is 3.61. The Labute approximate surface area is 127 Å². The van der Waals surface area contributed by atoms with Crippen molar-refractivity contribution < 1.29 is 4.79 Å². The van der Waals surface area contributed by atoms with Crippen molar-refractivity contribution in [3.63, 3.8) is 0 Å². The standard InChI is InChI=1S/C12H17N7OS/c1-18(8-10-7-13-3-4-14-10)11(20)15-5-6-21-12-17-16-9-19(12)2/h3-4,7,9H,5-6,8H2,1-2H3,(H,15,20). The van der Waals surface area contributed by atoms with E-state index in [1.807, 2.05) is 11.6 Å². The number of rotatable bonds is 6. The number of carbonyl (C=O) groups is 1. The van der Waals surface area contributed by atoms with E-state index in [2.05, 4.69) is 25.5 Å². The van der Waals surface area contributed by atoms with Gasteiger partial charge in [-0.25, -0.2) is 4.79 Å². The van der Waals surface area contributed by atoms with Crippen molar-refractivity contribution >= 4 is 17.8 Å². The minimum Gasteiger partial charge on any atom is -0.337 e. The lowest BCUT2D eigenvalue weighted by Gasteiger charge is -2.17. The lowest BCUT2D eigenvalue weighted by atomic mass is 10.4. The molecule has 2 amide bonds. The molecule has 0 aliphatic carbocycles. The zero-order valence-corrected chi connectivity index (χ0v) is 12.7. The van der Waals surface area contributed by atoms with Crippen LogP contribution in [0, 0.1) is 0 Å². The van der Waals surface area contributed by atoms with E-state index >= 15 is 0 Å². The van der Waals surface area contributed by atoms with Crippen molar-refractivity contribution in [2.24, 2.45) is 7.05 Å². The normalized spacial score (nSPS) is 10.4. The Kier molecular flexibility index (Phi) is 5.50. The highest BCUT2D eigenvalue weighted by atomic mass is 32.2. The van der Waals surface area contributed by atoms with Crippen LogP contribution in [0.1, 0.15) is 5.69 Å². The molecule has 2 rings (SSSR count). The lowest BCUT2D eigenvalue weighted by Crippen LogP contribution is -2.38. The lowest BCUT2D eigenvalue weighted by molar-refractivity contribution is 0.207. The third-order valence-electron chi connectivity index (χ3n) is 2.64. The fourth-order valence-electron chi connectivity index (χ4n) is 1.56. The van der Waals surface area contributed by atoms with E-state index in [1.54, 1.807) is 48.6 Å². The summed E-state index contributed by atoms with van der Waals surface area (Å²) in [5, 5.41) is 11.4. The van der Waals surface area contributed by atoms with Crippen LogP contribution in [0.15, 0.2) is 30.1 Å². The monoisotopic (exact) mass is 307 g/mol. The highest BCUT2D eigenvalue weighted by Crippen LogP contribution is 2.11. The zero-order valence-electron chi connectivity index (χ0n) is 11.9. The summed E-state index contributed by atoms with van der Waals surface area (Å²) in [5.41, 5.74) is 0.753. The summed E-state index contributed by atoms with van der Waals surface area (Å²) in [4.78, 5) is 21.6. The number of aryl methyl sites for hydroxylation is 1. The Balaban J connectivity index is 1.68. The van der Waals surface area contributed by atoms with Gasteiger partial charge in [0.15, 0.2) is 5.16 Å². The van der Waals surface area contributed by atoms with Crippen LogP contribution in [-0.2, 0) is 13.6 Å². The molecular weight excluding hydrogens is 290 g/mol. The second-order valence-electron chi connectivity index (χ2n) is 4.36. The molecule has 0 bridgehead atoms. The smallest absolute Gasteiger partial charge is 0.317 e. The number of hydrogen-bond acceptors (Lipinski definition) is 6. The van der Waals surface area contributed by atoms with Crippen LogP contribution in [0.3, 0.4) is 0 Å². The Bertz CT molecular complexity index is 574. The first kappa shape index (κ1) is 15.2. The third-order valence-corrected chi connectivity index (χ3v) is 3.68. The molecule has 0 atom stereocenters. The Morgan fingerprint density at radius 2 is 2.33 bits per heavy atom. The SMILES string of the molecule is CN(Cc1cnccn1)C(=O)NCCSc1nncn1C. The second-order valence-corrected chi connectivity index (χ2v) is 5.42. The minimum atomic E-state index is -0.140. The van der Waals surface area contributed by atoms with E-state index in [-0.39, 0.29) is 6.03 Å². The molecule has 9 heteroatoms. The number of urea groups is 1. The number of nitrogens with one attached hydrogen (secondary N) is 1. The predicted octanol–water partition coefficient (Wildman–Crippen LogP) is 0.539. The summed E-state index contributed by atoms with van der Waals surface area (Å²) < 4.78 is 1.84. The maximum absolute atomic E-state index is 11.9. The maximum Gasteiger partial charge on any atom is 0.317 e. The van der Waals surface area contributed by atoms with Crippen LogP contribution in [0.4, 0.5) is 4.79 Å². The van der Waals surface area contributed by atoms with Gasteiger partial charge in [0.1, 0.15) is 6.33 Å². The average molecular weight is 307 g/mol. The zero-order chi connectivity index (χ0) is 15.1. The molecule has 0 aliphatic rings. The summed E-state index contributed by atoms with van der Waals surface area (Å²) in [6.45, 7) is 0.983. The molecule has 21 heavy (non-hydrogen) atoms. The van der Waals surface area contributed by atoms with Crippen LogP contribution >= 0.6 is 11.8 Å². The Hall–Kier alpha value is -2.16. The van der Waals surface area contributed by atoms with E-state index in [9.17, 15) is 4.79 Å². The summed E-state index contributed by atoms with van der Waals surface area (Å²) in [6.07, 6.45) is 6.51. The molecule has 0 spiro atoms. The minimum absolute atomic E-state index is 0.140. The van der Waals surface area contributed by atoms with Crippen molar-refractivity contribution in [3.8, 4) is 0 Å². The first-order chi connectivity index (χ1) is 10.2. The number of nitrogens with zero attached hydrogens (tertiary/aromatic N) is 6. The first-order valence-corrected chi connectivity index (χ1v) is 7.36. The van der Waals surface area contributed by atoms with E-state index < -0.39 is 0 Å². The Morgan fingerprint density at radius 3 is 3.00 bits per heavy atom. The number of aromatic nitrogens is 5. The first-order valence-electron chi connectivity index (χ1n) is 6.37. The van der Waals surface area contributed by atoms with Crippen LogP contribution in [0.25, 0.3) is 0 Å². The molecule has 2 aromatic rings. The van der Waals surface area contributed by atoms with Gasteiger partial charge in [0, 0.05) is 38.8 Å². The molecule has 0 aromatic carbocycles. The Morgan fingerprint density at radius 1 is 1.48 bits per heavy atom. The summed E-state index contributed by atoms with van der Waals surface area (Å²) in [5.74, 6) is 0.733. The fourth-order valence-corrected chi connectivity index (χ4v) is 2.31. The van der Waals surface area contributed by atoms with Gasteiger partial charge in [-0.3, -0.25) is 9.97 Å². The maximum atomic E-state index is 11.9. The number of carbonyl (C=O) groups excluding carboxylic acids is 1. The molecular formula is C12H17N7OS. The number of thioether (sulfide) groups is 1. The molecule has 1 N–H and O–H groups in total. The molecule has 0 unspecified atom stereocenters.